The van der Waals surface area contributed by atoms with Crippen molar-refractivity contribution in [1.29, 1.82) is 0 Å². The quantitative estimate of drug-likeness (QED) is 0.0658. The zero-order valence-electron chi connectivity index (χ0n) is 32.7. The molecule has 0 aromatic carbocycles. The average Bonchev–Trinajstić information content (AvgIpc) is 3.13. The van der Waals surface area contributed by atoms with Crippen LogP contribution in [0.4, 0.5) is 0 Å². The molecular weight excluding hydrogens is 937 g/mol. The summed E-state index contributed by atoms with van der Waals surface area (Å²) in [5, 5.41) is 16.3. The first kappa shape index (κ1) is 148. The number of carbonyl (C=O) groups excluding carboxylic acids is 8. The second kappa shape index (κ2) is 353. The van der Waals surface area contributed by atoms with Crippen LogP contribution < -0.4 is 0 Å². The van der Waals surface area contributed by atoms with Crippen LogP contribution >= 0.6 is 0 Å². The Hall–Kier alpha value is 0.382. The van der Waals surface area contributed by atoms with E-state index in [9.17, 15) is 0 Å². The van der Waals surface area contributed by atoms with Crippen LogP contribution in [0.3, 0.4) is 0 Å². The van der Waals surface area contributed by atoms with E-state index in [1.165, 1.54) is 0 Å². The maximum Gasteiger partial charge on any atom is 0 e. The predicted octanol–water partition coefficient (Wildman–Crippen LogP) is 7.47. The molecule has 0 aromatic rings. The van der Waals surface area contributed by atoms with Crippen molar-refractivity contribution in [3.05, 3.63) is 106 Å². The van der Waals surface area contributed by atoms with Gasteiger partial charge in [-0.25, -0.2) is 51.4 Å². The summed E-state index contributed by atoms with van der Waals surface area (Å²) in [5.41, 5.74) is 0. The van der Waals surface area contributed by atoms with Crippen molar-refractivity contribution < 1.29 is 139 Å². The van der Waals surface area contributed by atoms with Crippen molar-refractivity contribution in [3.8, 4) is 0 Å². The smallest absolute Gasteiger partial charge is 0 e. The van der Waals surface area contributed by atoms with Gasteiger partial charge < -0.3 is 145 Å². The van der Waals surface area contributed by atoms with E-state index >= 15 is 0 Å². The van der Waals surface area contributed by atoms with Gasteiger partial charge in [-0.15, -0.1) is 0 Å². The standard InChI is InChI=1S/4C6H12N.8CHO.CH4.4CH3.4Mn.Y/c4*1-3-5-7-6-4-2;8*1-2;;;;;;;;;;/h4*1-6H2;8*1H;1H4;4*1H3;;;;;/q4*-3;8*-1;;4*-1;;;;;. The molecule has 0 spiro atoms. The van der Waals surface area contributed by atoms with Gasteiger partial charge in [-0.2, -0.15) is 52.4 Å². The molecule has 17 heteroatoms. The maximum atomic E-state index is 7.75. The minimum Gasteiger partial charge on any atom is -0.666 e. The summed E-state index contributed by atoms with van der Waals surface area (Å²) < 4.78 is 0. The molecule has 0 saturated heterocycles. The second-order valence-corrected chi connectivity index (χ2v) is 5.51. The van der Waals surface area contributed by atoms with Crippen LogP contribution in [0.25, 0.3) is 21.3 Å². The molecule has 343 valence electrons. The summed E-state index contributed by atoms with van der Waals surface area (Å²) in [7, 11) is 0. The van der Waals surface area contributed by atoms with Gasteiger partial charge in [-0.1, -0.05) is 7.43 Å². The fourth-order valence-electron chi connectivity index (χ4n) is 1.34. The van der Waals surface area contributed by atoms with Gasteiger partial charge in [0.2, 0.25) is 0 Å². The zero-order chi connectivity index (χ0) is 38.1. The molecule has 0 unspecified atom stereocenters. The molecule has 0 heterocycles. The third kappa shape index (κ3) is 515. The molecule has 0 aliphatic heterocycles. The summed E-state index contributed by atoms with van der Waals surface area (Å²) in [5.74, 6) is 0. The van der Waals surface area contributed by atoms with Gasteiger partial charge in [0.05, 0.1) is 0 Å². The van der Waals surface area contributed by atoms with Crippen LogP contribution in [0.2, 0.25) is 0 Å². The Morgan fingerprint density at radius 1 is 0.259 bits per heavy atom. The molecule has 12 nitrogen and oxygen atoms in total. The van der Waals surface area contributed by atoms with Gasteiger partial charge in [0.25, 0.3) is 0 Å². The first-order valence-corrected chi connectivity index (χ1v) is 12.4. The van der Waals surface area contributed by atoms with Gasteiger partial charge in [0.15, 0.2) is 0 Å². The Balaban J connectivity index is -0.0000000106. The average molecular weight is 1010 g/mol. The van der Waals surface area contributed by atoms with E-state index in [0.29, 0.717) is 0 Å². The van der Waals surface area contributed by atoms with E-state index in [4.69, 9.17) is 38.4 Å². The van der Waals surface area contributed by atoms with Gasteiger partial charge in [0, 0.05) is 101 Å². The largest absolute Gasteiger partial charge is 0.666 e. The van der Waals surface area contributed by atoms with Gasteiger partial charge in [-0.3, -0.25) is 54.3 Å². The van der Waals surface area contributed by atoms with Crippen LogP contribution in [0.5, 0.6) is 0 Å². The minimum absolute atomic E-state index is 0. The first-order valence-electron chi connectivity index (χ1n) is 12.4. The molecule has 0 aliphatic carbocycles. The molecule has 0 atom stereocenters. The molecule has 0 N–H and O–H groups in total. The summed E-state index contributed by atoms with van der Waals surface area (Å²) in [4.78, 5) is 62.0. The fraction of sp³-hybridized carbons (Fsp3) is 0.459. The zero-order valence-corrected chi connectivity index (χ0v) is 40.3. The normalized spacial score (nSPS) is 5.48. The number of hydrogen-bond donors (Lipinski definition) is 0. The first-order chi connectivity index (χ1) is 21.7. The van der Waals surface area contributed by atoms with Crippen LogP contribution in [-0.2, 0) is 139 Å². The van der Waals surface area contributed by atoms with E-state index < -0.39 is 0 Å². The number of rotatable bonds is 16. The molecular formula is C37H72Mn4N4O8Y-24. The number of hydrogen-bond acceptors (Lipinski definition) is 8. The maximum absolute atomic E-state index is 7.75. The van der Waals surface area contributed by atoms with Crippen molar-refractivity contribution >= 4 is 54.3 Å². The molecule has 0 saturated carbocycles. The SMILES string of the molecule is C.[CH-]=O.[CH-]=O.[CH-]=O.[CH-]=O.[CH-]=O.[CH-]=O.[CH-]=O.[CH-]=O.[CH2-]CC[N-]CC[CH2-].[CH2-]CC[N-]CC[CH2-].[CH2-]CC[N-]CC[CH2-].[CH2-]CC[N-]CC[CH2-].[CH3-].[CH3-].[CH3-].[CH3-].[Mn].[Mn].[Mn].[Mn].[Y]. The van der Waals surface area contributed by atoms with Crippen molar-refractivity contribution in [2.24, 2.45) is 0 Å². The van der Waals surface area contributed by atoms with Crippen LogP contribution in [-0.4, -0.2) is 107 Å². The molecule has 0 aromatic heterocycles. The van der Waals surface area contributed by atoms with E-state index in [1.54, 1.807) is 0 Å². The second-order valence-electron chi connectivity index (χ2n) is 5.51. The van der Waals surface area contributed by atoms with Gasteiger partial charge in [-0.05, 0) is 0 Å². The topological polar surface area (TPSA) is 193 Å². The minimum atomic E-state index is 0. The van der Waals surface area contributed by atoms with E-state index in [0.717, 1.165) is 104 Å². The Morgan fingerprint density at radius 2 is 0.315 bits per heavy atom. The molecule has 0 aliphatic rings. The Bertz CT molecular complexity index is 267. The van der Waals surface area contributed by atoms with Gasteiger partial charge in [0.1, 0.15) is 0 Å². The molecule has 54 heavy (non-hydrogen) atoms. The monoisotopic (exact) mass is 1010 g/mol. The van der Waals surface area contributed by atoms with E-state index in [1.807, 2.05) is 0 Å². The third-order valence-corrected chi connectivity index (χ3v) is 2.53. The Morgan fingerprint density at radius 3 is 0.352 bits per heavy atom. The van der Waals surface area contributed by atoms with Crippen LogP contribution in [0, 0.1) is 85.1 Å². The van der Waals surface area contributed by atoms with Crippen molar-refractivity contribution in [2.45, 2.75) is 58.8 Å². The van der Waals surface area contributed by atoms with E-state index in [2.05, 4.69) is 131 Å². The molecule has 0 rings (SSSR count). The molecule has 0 amide bonds. The summed E-state index contributed by atoms with van der Waals surface area (Å²) >= 11 is 0. The van der Waals surface area contributed by atoms with Crippen molar-refractivity contribution in [3.63, 3.8) is 0 Å². The third-order valence-electron chi connectivity index (χ3n) is 2.53. The van der Waals surface area contributed by atoms with Crippen LogP contribution in [0.1, 0.15) is 58.8 Å². The fourth-order valence-corrected chi connectivity index (χ4v) is 1.34. The van der Waals surface area contributed by atoms with E-state index in [-0.39, 0.29) is 138 Å². The Labute approximate surface area is 407 Å². The predicted molar refractivity (Wildman–Crippen MR) is 219 cm³/mol. The Kier molecular flexibility index (Phi) is 965. The molecule has 0 bridgehead atoms. The van der Waals surface area contributed by atoms with Crippen molar-refractivity contribution in [2.75, 3.05) is 52.4 Å². The number of nitrogens with zero attached hydrogens (tertiary/aromatic N) is 4. The van der Waals surface area contributed by atoms with Crippen LogP contribution in [0.15, 0.2) is 0 Å². The van der Waals surface area contributed by atoms with Crippen molar-refractivity contribution in [1.82, 2.24) is 0 Å². The summed E-state index contributed by atoms with van der Waals surface area (Å²) in [6.07, 6.45) is 7.33. The van der Waals surface area contributed by atoms with Gasteiger partial charge >= 0.3 is 0 Å². The summed E-state index contributed by atoms with van der Waals surface area (Å²) in [6.45, 7) is 62.3. The molecule has 0 fully saturated rings. The molecule has 5 radical (unpaired) electrons. The summed E-state index contributed by atoms with van der Waals surface area (Å²) in [6, 6.07) is 0.